The lowest BCUT2D eigenvalue weighted by Gasteiger charge is -2.16. The van der Waals surface area contributed by atoms with E-state index in [4.69, 9.17) is 5.11 Å². The number of aliphatic carboxylic acids is 1. The van der Waals surface area contributed by atoms with Gasteiger partial charge >= 0.3 is 5.97 Å². The smallest absolute Gasteiger partial charge is 0.323 e. The molecule has 0 atom stereocenters. The lowest BCUT2D eigenvalue weighted by atomic mass is 10.1. The van der Waals surface area contributed by atoms with Gasteiger partial charge in [0.05, 0.1) is 0 Å². The quantitative estimate of drug-likeness (QED) is 0.809. The van der Waals surface area contributed by atoms with E-state index < -0.39 is 5.97 Å². The van der Waals surface area contributed by atoms with E-state index in [-0.39, 0.29) is 12.5 Å². The summed E-state index contributed by atoms with van der Waals surface area (Å²) in [5.41, 5.74) is 2.03. The number of aryl methyl sites for hydroxylation is 1. The number of amides is 1. The minimum atomic E-state index is -1.01. The molecule has 0 saturated carbocycles. The van der Waals surface area contributed by atoms with Gasteiger partial charge in [-0.3, -0.25) is 9.59 Å². The number of nitrogens with zero attached hydrogens (tertiary/aromatic N) is 1. The Morgan fingerprint density at radius 2 is 2.00 bits per heavy atom. The van der Waals surface area contributed by atoms with Crippen LogP contribution < -0.4 is 0 Å². The van der Waals surface area contributed by atoms with Crippen molar-refractivity contribution in [1.82, 2.24) is 4.90 Å². The highest BCUT2D eigenvalue weighted by Crippen LogP contribution is 2.09. The highest BCUT2D eigenvalue weighted by molar-refractivity contribution is 5.93. The molecule has 0 aliphatic rings. The van der Waals surface area contributed by atoms with Crippen molar-refractivity contribution in [3.8, 4) is 0 Å². The Balaban J connectivity index is 2.74. The van der Waals surface area contributed by atoms with Crippen LogP contribution in [-0.2, 0) is 9.59 Å². The van der Waals surface area contributed by atoms with Crippen LogP contribution in [0.4, 0.5) is 0 Å². The zero-order chi connectivity index (χ0) is 13.5. The topological polar surface area (TPSA) is 57.6 Å². The van der Waals surface area contributed by atoms with E-state index in [1.165, 1.54) is 11.0 Å². The number of carboxylic acid groups (broad SMARTS) is 1. The molecule has 1 rings (SSSR count). The van der Waals surface area contributed by atoms with Crippen LogP contribution in [-0.4, -0.2) is 35.0 Å². The summed E-state index contributed by atoms with van der Waals surface area (Å²) in [6, 6.07) is 7.69. The highest BCUT2D eigenvalue weighted by atomic mass is 16.4. The van der Waals surface area contributed by atoms with E-state index in [0.717, 1.165) is 11.1 Å². The Labute approximate surface area is 107 Å². The molecule has 1 N–H and O–H groups in total. The van der Waals surface area contributed by atoms with Crippen LogP contribution >= 0.6 is 0 Å². The molecule has 0 unspecified atom stereocenters. The van der Waals surface area contributed by atoms with Gasteiger partial charge in [-0.15, -0.1) is 0 Å². The van der Waals surface area contributed by atoms with E-state index in [0.29, 0.717) is 6.54 Å². The van der Waals surface area contributed by atoms with Crippen LogP contribution in [0.25, 0.3) is 6.08 Å². The van der Waals surface area contributed by atoms with Crippen molar-refractivity contribution in [3.63, 3.8) is 0 Å². The van der Waals surface area contributed by atoms with Gasteiger partial charge in [-0.1, -0.05) is 24.3 Å². The molecule has 0 spiro atoms. The van der Waals surface area contributed by atoms with Crippen molar-refractivity contribution >= 4 is 18.0 Å². The first-order valence-corrected chi connectivity index (χ1v) is 5.79. The summed E-state index contributed by atoms with van der Waals surface area (Å²) in [6.45, 7) is 3.82. The molecule has 0 heterocycles. The molecular formula is C14H17NO3. The molecule has 4 heteroatoms. The second-order valence-corrected chi connectivity index (χ2v) is 3.94. The van der Waals surface area contributed by atoms with E-state index in [1.807, 2.05) is 31.2 Å². The van der Waals surface area contributed by atoms with Gasteiger partial charge in [-0.05, 0) is 31.1 Å². The van der Waals surface area contributed by atoms with Crippen LogP contribution in [0, 0.1) is 6.92 Å². The predicted molar refractivity (Wildman–Crippen MR) is 70.1 cm³/mol. The molecule has 0 saturated heterocycles. The van der Waals surface area contributed by atoms with Gasteiger partial charge in [0.15, 0.2) is 0 Å². The zero-order valence-electron chi connectivity index (χ0n) is 10.6. The third-order valence-corrected chi connectivity index (χ3v) is 2.61. The van der Waals surface area contributed by atoms with Gasteiger partial charge in [0.25, 0.3) is 0 Å². The number of hydrogen-bond donors (Lipinski definition) is 1. The standard InChI is InChI=1S/C14H17NO3/c1-3-15(10-14(17)18)13(16)9-8-12-7-5-4-6-11(12)2/h4-9H,3,10H2,1-2H3,(H,17,18)/b9-8+. The van der Waals surface area contributed by atoms with Gasteiger partial charge in [-0.2, -0.15) is 0 Å². The summed E-state index contributed by atoms with van der Waals surface area (Å²) in [6.07, 6.45) is 3.12. The summed E-state index contributed by atoms with van der Waals surface area (Å²) in [4.78, 5) is 23.6. The maximum absolute atomic E-state index is 11.8. The number of benzene rings is 1. The maximum atomic E-state index is 11.8. The molecule has 1 aromatic carbocycles. The van der Waals surface area contributed by atoms with Gasteiger partial charge in [0.1, 0.15) is 6.54 Å². The predicted octanol–water partition coefficient (Wildman–Crippen LogP) is 1.94. The van der Waals surface area contributed by atoms with Gasteiger partial charge in [-0.25, -0.2) is 0 Å². The fraction of sp³-hybridized carbons (Fsp3) is 0.286. The van der Waals surface area contributed by atoms with Crippen LogP contribution in [0.5, 0.6) is 0 Å². The normalized spacial score (nSPS) is 10.6. The largest absolute Gasteiger partial charge is 0.480 e. The molecule has 0 radical (unpaired) electrons. The molecule has 4 nitrogen and oxygen atoms in total. The van der Waals surface area contributed by atoms with Gasteiger partial charge in [0.2, 0.25) is 5.91 Å². The summed E-state index contributed by atoms with van der Waals surface area (Å²) >= 11 is 0. The van der Waals surface area contributed by atoms with E-state index >= 15 is 0 Å². The second kappa shape index (κ2) is 6.59. The summed E-state index contributed by atoms with van der Waals surface area (Å²) in [5.74, 6) is -1.29. The minimum absolute atomic E-state index is 0.270. The van der Waals surface area contributed by atoms with Gasteiger partial charge < -0.3 is 10.0 Å². The molecular weight excluding hydrogens is 230 g/mol. The van der Waals surface area contributed by atoms with Crippen molar-refractivity contribution in [2.75, 3.05) is 13.1 Å². The zero-order valence-corrected chi connectivity index (χ0v) is 10.6. The molecule has 96 valence electrons. The molecule has 0 aliphatic heterocycles. The highest BCUT2D eigenvalue weighted by Gasteiger charge is 2.11. The fourth-order valence-electron chi connectivity index (χ4n) is 1.55. The Bertz CT molecular complexity index is 466. The maximum Gasteiger partial charge on any atom is 0.323 e. The number of carbonyl (C=O) groups is 2. The third kappa shape index (κ3) is 4.05. The molecule has 18 heavy (non-hydrogen) atoms. The number of carbonyl (C=O) groups excluding carboxylic acids is 1. The molecule has 1 amide bonds. The summed E-state index contributed by atoms with van der Waals surface area (Å²) in [7, 11) is 0. The van der Waals surface area contributed by atoms with Crippen molar-refractivity contribution in [1.29, 1.82) is 0 Å². The van der Waals surface area contributed by atoms with Crippen LogP contribution in [0.2, 0.25) is 0 Å². The van der Waals surface area contributed by atoms with Crippen molar-refractivity contribution in [2.45, 2.75) is 13.8 Å². The molecule has 0 fully saturated rings. The van der Waals surface area contributed by atoms with Crippen molar-refractivity contribution < 1.29 is 14.7 Å². The summed E-state index contributed by atoms with van der Waals surface area (Å²) in [5, 5.41) is 8.68. The molecule has 0 bridgehead atoms. The third-order valence-electron chi connectivity index (χ3n) is 2.61. The van der Waals surface area contributed by atoms with Crippen LogP contribution in [0.1, 0.15) is 18.1 Å². The Kier molecular flexibility index (Phi) is 5.11. The van der Waals surface area contributed by atoms with E-state index in [2.05, 4.69) is 0 Å². The van der Waals surface area contributed by atoms with Crippen LogP contribution in [0.3, 0.4) is 0 Å². The first-order chi connectivity index (χ1) is 8.54. The fourth-order valence-corrected chi connectivity index (χ4v) is 1.55. The lowest BCUT2D eigenvalue weighted by Crippen LogP contribution is -2.34. The van der Waals surface area contributed by atoms with Crippen molar-refractivity contribution in [2.24, 2.45) is 0 Å². The van der Waals surface area contributed by atoms with Crippen LogP contribution in [0.15, 0.2) is 30.3 Å². The number of likely N-dealkylation sites (N-methyl/N-ethyl adjacent to an activating group) is 1. The van der Waals surface area contributed by atoms with E-state index in [1.54, 1.807) is 13.0 Å². The number of carboxylic acids is 1. The Hall–Kier alpha value is -2.10. The van der Waals surface area contributed by atoms with Gasteiger partial charge in [0, 0.05) is 12.6 Å². The summed E-state index contributed by atoms with van der Waals surface area (Å²) < 4.78 is 0. The first kappa shape index (κ1) is 14.0. The SMILES string of the molecule is CCN(CC(=O)O)C(=O)/C=C/c1ccccc1C. The molecule has 0 aromatic heterocycles. The molecule has 0 aliphatic carbocycles. The Morgan fingerprint density at radius 1 is 1.33 bits per heavy atom. The number of hydrogen-bond acceptors (Lipinski definition) is 2. The Morgan fingerprint density at radius 3 is 2.56 bits per heavy atom. The van der Waals surface area contributed by atoms with Crippen molar-refractivity contribution in [3.05, 3.63) is 41.5 Å². The van der Waals surface area contributed by atoms with E-state index in [9.17, 15) is 9.59 Å². The molecule has 1 aromatic rings. The number of rotatable bonds is 5. The average molecular weight is 247 g/mol. The average Bonchev–Trinajstić information content (AvgIpc) is 2.34. The minimum Gasteiger partial charge on any atom is -0.480 e. The monoisotopic (exact) mass is 247 g/mol. The second-order valence-electron chi connectivity index (χ2n) is 3.94. The first-order valence-electron chi connectivity index (χ1n) is 5.79. The lowest BCUT2D eigenvalue weighted by molar-refractivity contribution is -0.142.